The highest BCUT2D eigenvalue weighted by Gasteiger charge is 2.03. The van der Waals surface area contributed by atoms with Gasteiger partial charge in [0.2, 0.25) is 0 Å². The van der Waals surface area contributed by atoms with Gasteiger partial charge in [0, 0.05) is 6.21 Å². The second-order valence-electron chi connectivity index (χ2n) is 2.76. The largest absolute Gasteiger partial charge is 0.392 e. The number of hydrogen-bond donors (Lipinski definition) is 4. The zero-order chi connectivity index (χ0) is 9.84. The fraction of sp³-hybridized carbons (Fsp3) is 0.222. The smallest absolute Gasteiger partial charge is 0.128 e. The number of hydrogen-bond acceptors (Lipinski definition) is 4. The van der Waals surface area contributed by atoms with E-state index in [0.29, 0.717) is 16.7 Å². The highest BCUT2D eigenvalue weighted by Crippen LogP contribution is 2.13. The van der Waals surface area contributed by atoms with Crippen molar-refractivity contribution in [3.63, 3.8) is 0 Å². The number of benzene rings is 1. The molecule has 1 rings (SSSR count). The summed E-state index contributed by atoms with van der Waals surface area (Å²) in [6, 6.07) is 4.88. The first kappa shape index (κ1) is 9.85. The van der Waals surface area contributed by atoms with Crippen LogP contribution in [-0.4, -0.2) is 16.4 Å². The van der Waals surface area contributed by atoms with Gasteiger partial charge in [-0.1, -0.05) is 0 Å². The van der Waals surface area contributed by atoms with Crippen molar-refractivity contribution in [3.8, 4) is 0 Å². The van der Waals surface area contributed by atoms with Crippen LogP contribution in [0, 0.1) is 5.41 Å². The lowest BCUT2D eigenvalue weighted by molar-refractivity contribution is 0.186. The molecule has 0 radical (unpaired) electrons. The Kier molecular flexibility index (Phi) is 3.13. The normalized spacial score (nSPS) is 12.5. The van der Waals surface area contributed by atoms with Gasteiger partial charge in [-0.25, -0.2) is 0 Å². The zero-order valence-corrected chi connectivity index (χ0v) is 7.07. The molecule has 0 saturated carbocycles. The molecule has 1 aromatic carbocycles. The van der Waals surface area contributed by atoms with E-state index in [1.54, 1.807) is 18.2 Å². The summed E-state index contributed by atoms with van der Waals surface area (Å²) in [6.45, 7) is -0.124. The van der Waals surface area contributed by atoms with E-state index < -0.39 is 6.23 Å². The van der Waals surface area contributed by atoms with Crippen molar-refractivity contribution in [3.05, 3.63) is 34.9 Å². The first-order valence-corrected chi connectivity index (χ1v) is 3.86. The van der Waals surface area contributed by atoms with Crippen LogP contribution < -0.4 is 5.73 Å². The molecule has 0 aromatic heterocycles. The molecule has 4 nitrogen and oxygen atoms in total. The Labute approximate surface area is 76.1 Å². The van der Waals surface area contributed by atoms with Gasteiger partial charge in [0.05, 0.1) is 6.61 Å². The second-order valence-corrected chi connectivity index (χ2v) is 2.76. The molecule has 0 heterocycles. The van der Waals surface area contributed by atoms with Crippen molar-refractivity contribution in [1.82, 2.24) is 0 Å². The molecule has 13 heavy (non-hydrogen) atoms. The van der Waals surface area contributed by atoms with Gasteiger partial charge in [-0.05, 0) is 34.9 Å². The Balaban J connectivity index is 3.14. The van der Waals surface area contributed by atoms with Crippen LogP contribution in [0.25, 0.3) is 0 Å². The molecule has 70 valence electrons. The van der Waals surface area contributed by atoms with Gasteiger partial charge in [0.15, 0.2) is 0 Å². The number of nitrogens with two attached hydrogens (primary N) is 1. The van der Waals surface area contributed by atoms with Gasteiger partial charge in [0.25, 0.3) is 0 Å². The van der Waals surface area contributed by atoms with Crippen LogP contribution in [0.1, 0.15) is 22.9 Å². The lowest BCUT2D eigenvalue weighted by Gasteiger charge is -2.07. The highest BCUT2D eigenvalue weighted by molar-refractivity contribution is 5.77. The number of rotatable bonds is 3. The molecule has 0 fully saturated rings. The van der Waals surface area contributed by atoms with Crippen LogP contribution in [0.4, 0.5) is 0 Å². The number of aliphatic hydroxyl groups is 2. The summed E-state index contributed by atoms with van der Waals surface area (Å²) in [5, 5.41) is 25.0. The van der Waals surface area contributed by atoms with Crippen LogP contribution in [0.5, 0.6) is 0 Å². The maximum Gasteiger partial charge on any atom is 0.128 e. The van der Waals surface area contributed by atoms with Crippen LogP contribution in [0.2, 0.25) is 0 Å². The van der Waals surface area contributed by atoms with E-state index in [1.807, 2.05) is 0 Å². The molecular formula is C9H12N2O2. The molecule has 0 aliphatic heterocycles. The summed E-state index contributed by atoms with van der Waals surface area (Å²) in [6.07, 6.45) is 0.0793. The minimum atomic E-state index is -1.06. The first-order valence-electron chi connectivity index (χ1n) is 3.86. The minimum absolute atomic E-state index is 0.124. The van der Waals surface area contributed by atoms with Crippen LogP contribution in [0.3, 0.4) is 0 Å². The van der Waals surface area contributed by atoms with Crippen molar-refractivity contribution in [2.24, 2.45) is 5.73 Å². The zero-order valence-electron chi connectivity index (χ0n) is 7.07. The SMILES string of the molecule is N=Cc1cc(CO)cc(C(N)O)c1. The lowest BCUT2D eigenvalue weighted by Crippen LogP contribution is -2.09. The van der Waals surface area contributed by atoms with Gasteiger partial charge in [-0.2, -0.15) is 0 Å². The Bertz CT molecular complexity index is 310. The Hall–Kier alpha value is -1.23. The fourth-order valence-corrected chi connectivity index (χ4v) is 1.09. The molecule has 0 spiro atoms. The van der Waals surface area contributed by atoms with Crippen LogP contribution in [-0.2, 0) is 6.61 Å². The van der Waals surface area contributed by atoms with Gasteiger partial charge in [-0.15, -0.1) is 0 Å². The van der Waals surface area contributed by atoms with Crippen LogP contribution >= 0.6 is 0 Å². The van der Waals surface area contributed by atoms with Gasteiger partial charge >= 0.3 is 0 Å². The molecule has 1 unspecified atom stereocenters. The summed E-state index contributed by atoms with van der Waals surface area (Å²) >= 11 is 0. The Morgan fingerprint density at radius 3 is 2.62 bits per heavy atom. The molecular weight excluding hydrogens is 168 g/mol. The summed E-state index contributed by atoms with van der Waals surface area (Å²) in [5.74, 6) is 0. The second kappa shape index (κ2) is 4.13. The fourth-order valence-electron chi connectivity index (χ4n) is 1.09. The minimum Gasteiger partial charge on any atom is -0.392 e. The third-order valence-electron chi connectivity index (χ3n) is 1.73. The Morgan fingerprint density at radius 2 is 2.15 bits per heavy atom. The lowest BCUT2D eigenvalue weighted by atomic mass is 10.1. The molecule has 0 aliphatic carbocycles. The van der Waals surface area contributed by atoms with E-state index >= 15 is 0 Å². The standard InChI is InChI=1S/C9H12N2O2/c10-4-6-1-7(5-12)3-8(2-6)9(11)13/h1-4,9-10,12-13H,5,11H2. The summed E-state index contributed by atoms with van der Waals surface area (Å²) in [4.78, 5) is 0. The monoisotopic (exact) mass is 180 g/mol. The van der Waals surface area contributed by atoms with E-state index in [4.69, 9.17) is 21.4 Å². The summed E-state index contributed by atoms with van der Waals surface area (Å²) in [7, 11) is 0. The molecule has 1 aromatic rings. The van der Waals surface area contributed by atoms with E-state index in [9.17, 15) is 0 Å². The van der Waals surface area contributed by atoms with Gasteiger partial charge in [-0.3, -0.25) is 0 Å². The predicted octanol–water partition coefficient (Wildman–Crippen LogP) is 0.126. The van der Waals surface area contributed by atoms with Crippen LogP contribution in [0.15, 0.2) is 18.2 Å². The highest BCUT2D eigenvalue weighted by atomic mass is 16.3. The Morgan fingerprint density at radius 1 is 1.46 bits per heavy atom. The van der Waals surface area contributed by atoms with Gasteiger partial charge < -0.3 is 21.4 Å². The number of nitrogens with one attached hydrogen (secondary N) is 1. The predicted molar refractivity (Wildman–Crippen MR) is 49.4 cm³/mol. The topological polar surface area (TPSA) is 90.3 Å². The summed E-state index contributed by atoms with van der Waals surface area (Å²) < 4.78 is 0. The maximum atomic E-state index is 9.08. The average Bonchev–Trinajstić information content (AvgIpc) is 2.16. The maximum absolute atomic E-state index is 9.08. The van der Waals surface area contributed by atoms with Crippen molar-refractivity contribution >= 4 is 6.21 Å². The quantitative estimate of drug-likeness (QED) is 0.393. The number of aliphatic hydroxyl groups excluding tert-OH is 2. The molecule has 1 atom stereocenters. The third-order valence-corrected chi connectivity index (χ3v) is 1.73. The molecule has 0 bridgehead atoms. The van der Waals surface area contributed by atoms with E-state index in [-0.39, 0.29) is 6.61 Å². The molecule has 0 amide bonds. The van der Waals surface area contributed by atoms with E-state index in [2.05, 4.69) is 0 Å². The van der Waals surface area contributed by atoms with E-state index in [0.717, 1.165) is 6.21 Å². The molecule has 0 saturated heterocycles. The van der Waals surface area contributed by atoms with Crippen molar-refractivity contribution < 1.29 is 10.2 Å². The molecule has 4 heteroatoms. The molecule has 0 aliphatic rings. The third kappa shape index (κ3) is 2.35. The van der Waals surface area contributed by atoms with Crippen molar-refractivity contribution in [2.45, 2.75) is 12.8 Å². The first-order chi connectivity index (χ1) is 6.17. The molecule has 5 N–H and O–H groups in total. The summed E-state index contributed by atoms with van der Waals surface area (Å²) in [5.41, 5.74) is 7.02. The van der Waals surface area contributed by atoms with Crippen molar-refractivity contribution in [2.75, 3.05) is 0 Å². The van der Waals surface area contributed by atoms with Crippen molar-refractivity contribution in [1.29, 1.82) is 5.41 Å². The van der Waals surface area contributed by atoms with E-state index in [1.165, 1.54) is 0 Å². The van der Waals surface area contributed by atoms with Gasteiger partial charge in [0.1, 0.15) is 6.23 Å². The average molecular weight is 180 g/mol.